The Morgan fingerprint density at radius 3 is 1.72 bits per heavy atom. The Morgan fingerprint density at radius 2 is 1.28 bits per heavy atom. The number of alkyl halides is 6. The Labute approximate surface area is 201 Å². The Morgan fingerprint density at radius 1 is 0.806 bits per heavy atom. The number of carbonyl (C=O) groups excluding carboxylic acids is 1. The molecule has 36 heavy (non-hydrogen) atoms. The molecule has 3 aromatic rings. The number of ketones is 1. The monoisotopic (exact) mass is 514 g/mol. The highest BCUT2D eigenvalue weighted by Crippen LogP contribution is 2.29. The van der Waals surface area contributed by atoms with Crippen LogP contribution in [0.5, 0.6) is 11.5 Å². The van der Waals surface area contributed by atoms with E-state index in [4.69, 9.17) is 0 Å². The van der Waals surface area contributed by atoms with Gasteiger partial charge in [-0.25, -0.2) is 9.97 Å². The first-order chi connectivity index (χ1) is 16.6. The standard InChI is InChI=1S/C24H20F6N2O4/c1-22(2,34)12-11-20(33)19-13-18(14-3-7-16(8-4-14)35-23(25,26)27)31-21(32-19)15-5-9-17(10-6-15)36-24(28,29)30/h3-10,13,34H,11-12H2,1-2H3. The highest BCUT2D eigenvalue weighted by Gasteiger charge is 2.31. The summed E-state index contributed by atoms with van der Waals surface area (Å²) in [7, 11) is 0. The molecule has 3 rings (SSSR count). The number of carbonyl (C=O) groups is 1. The number of hydrogen-bond donors (Lipinski definition) is 1. The summed E-state index contributed by atoms with van der Waals surface area (Å²) in [6.07, 6.45) is -9.67. The second kappa shape index (κ2) is 10.1. The van der Waals surface area contributed by atoms with E-state index in [1.54, 1.807) is 0 Å². The molecule has 0 unspecified atom stereocenters. The van der Waals surface area contributed by atoms with E-state index in [0.29, 0.717) is 5.56 Å². The molecule has 0 radical (unpaired) electrons. The maximum absolute atomic E-state index is 12.8. The van der Waals surface area contributed by atoms with Gasteiger partial charge in [0.15, 0.2) is 11.6 Å². The zero-order valence-electron chi connectivity index (χ0n) is 18.9. The summed E-state index contributed by atoms with van der Waals surface area (Å²) in [6.45, 7) is 3.07. The SMILES string of the molecule is CC(C)(O)CCC(=O)c1cc(-c2ccc(OC(F)(F)F)cc2)nc(-c2ccc(OC(F)(F)F)cc2)n1. The summed E-state index contributed by atoms with van der Waals surface area (Å²) in [6, 6.07) is 10.7. The van der Waals surface area contributed by atoms with Crippen molar-refractivity contribution in [1.82, 2.24) is 9.97 Å². The number of ether oxygens (including phenoxy) is 2. The van der Waals surface area contributed by atoms with Crippen molar-refractivity contribution >= 4 is 5.78 Å². The second-order valence-corrected chi connectivity index (χ2v) is 8.34. The summed E-state index contributed by atoms with van der Waals surface area (Å²) in [5.41, 5.74) is -0.371. The van der Waals surface area contributed by atoms with Crippen molar-refractivity contribution in [3.8, 4) is 34.1 Å². The van der Waals surface area contributed by atoms with Crippen LogP contribution in [0.15, 0.2) is 54.6 Å². The van der Waals surface area contributed by atoms with Crippen molar-refractivity contribution in [3.05, 3.63) is 60.3 Å². The van der Waals surface area contributed by atoms with Gasteiger partial charge in [0.05, 0.1) is 11.3 Å². The average Bonchev–Trinajstić information content (AvgIpc) is 2.75. The summed E-state index contributed by atoms with van der Waals surface area (Å²) in [5, 5.41) is 9.92. The Bertz CT molecular complexity index is 1120. The molecule has 0 bridgehead atoms. The van der Waals surface area contributed by atoms with Crippen LogP contribution in [0, 0.1) is 0 Å². The molecule has 6 nitrogen and oxygen atoms in total. The van der Waals surface area contributed by atoms with Gasteiger partial charge in [-0.05, 0) is 74.9 Å². The number of nitrogens with zero attached hydrogens (tertiary/aromatic N) is 2. The predicted octanol–water partition coefficient (Wildman–Crippen LogP) is 6.34. The second-order valence-electron chi connectivity index (χ2n) is 8.34. The maximum atomic E-state index is 12.8. The van der Waals surface area contributed by atoms with Crippen LogP contribution < -0.4 is 9.47 Å². The van der Waals surface area contributed by atoms with Crippen molar-refractivity contribution in [3.63, 3.8) is 0 Å². The van der Waals surface area contributed by atoms with Gasteiger partial charge in [0, 0.05) is 17.5 Å². The van der Waals surface area contributed by atoms with Crippen LogP contribution in [0.3, 0.4) is 0 Å². The van der Waals surface area contributed by atoms with Crippen molar-refractivity contribution < 1.29 is 45.7 Å². The van der Waals surface area contributed by atoms with Crippen LogP contribution in [0.4, 0.5) is 26.3 Å². The van der Waals surface area contributed by atoms with Gasteiger partial charge in [0.2, 0.25) is 0 Å². The van der Waals surface area contributed by atoms with Crippen molar-refractivity contribution in [1.29, 1.82) is 0 Å². The fourth-order valence-corrected chi connectivity index (χ4v) is 3.05. The molecule has 1 heterocycles. The largest absolute Gasteiger partial charge is 0.573 e. The molecule has 12 heteroatoms. The molecular formula is C24H20F6N2O4. The van der Waals surface area contributed by atoms with Crippen LogP contribution in [0.2, 0.25) is 0 Å². The van der Waals surface area contributed by atoms with Gasteiger partial charge < -0.3 is 14.6 Å². The smallest absolute Gasteiger partial charge is 0.406 e. The first-order valence-electron chi connectivity index (χ1n) is 10.4. The summed E-state index contributed by atoms with van der Waals surface area (Å²) in [4.78, 5) is 21.3. The molecule has 0 saturated carbocycles. The van der Waals surface area contributed by atoms with Gasteiger partial charge in [-0.2, -0.15) is 0 Å². The molecule has 0 saturated heterocycles. The molecule has 2 aromatic carbocycles. The van der Waals surface area contributed by atoms with E-state index >= 15 is 0 Å². The summed E-state index contributed by atoms with van der Waals surface area (Å²) in [5.74, 6) is -1.37. The molecule has 0 aliphatic heterocycles. The van der Waals surface area contributed by atoms with Crippen molar-refractivity contribution in [2.24, 2.45) is 0 Å². The molecule has 192 valence electrons. The van der Waals surface area contributed by atoms with Crippen molar-refractivity contribution in [2.75, 3.05) is 0 Å². The molecule has 0 fully saturated rings. The van der Waals surface area contributed by atoms with Crippen LogP contribution in [0.25, 0.3) is 22.6 Å². The minimum atomic E-state index is -4.88. The van der Waals surface area contributed by atoms with Gasteiger partial charge in [-0.1, -0.05) is 0 Å². The lowest BCUT2D eigenvalue weighted by atomic mass is 9.99. The van der Waals surface area contributed by atoms with Crippen LogP contribution >= 0.6 is 0 Å². The minimum Gasteiger partial charge on any atom is -0.406 e. The first kappa shape index (κ1) is 26.9. The lowest BCUT2D eigenvalue weighted by molar-refractivity contribution is -0.275. The molecule has 0 aliphatic rings. The number of rotatable bonds is 8. The molecular weight excluding hydrogens is 494 g/mol. The van der Waals surface area contributed by atoms with E-state index in [9.17, 15) is 36.2 Å². The number of hydrogen-bond acceptors (Lipinski definition) is 6. The topological polar surface area (TPSA) is 81.5 Å². The predicted molar refractivity (Wildman–Crippen MR) is 116 cm³/mol. The van der Waals surface area contributed by atoms with Crippen LogP contribution in [-0.2, 0) is 0 Å². The highest BCUT2D eigenvalue weighted by atomic mass is 19.4. The molecule has 0 atom stereocenters. The molecule has 0 spiro atoms. The van der Waals surface area contributed by atoms with Gasteiger partial charge >= 0.3 is 12.7 Å². The zero-order chi connectivity index (χ0) is 26.7. The molecule has 0 amide bonds. The quantitative estimate of drug-likeness (QED) is 0.279. The summed E-state index contributed by atoms with van der Waals surface area (Å²) >= 11 is 0. The molecule has 1 aromatic heterocycles. The fraction of sp³-hybridized carbons (Fsp3) is 0.292. The molecule has 0 aliphatic carbocycles. The van der Waals surface area contributed by atoms with E-state index in [1.807, 2.05) is 0 Å². The zero-order valence-corrected chi connectivity index (χ0v) is 18.9. The van der Waals surface area contributed by atoms with E-state index in [1.165, 1.54) is 44.2 Å². The Balaban J connectivity index is 1.99. The first-order valence-corrected chi connectivity index (χ1v) is 10.4. The van der Waals surface area contributed by atoms with Crippen molar-refractivity contribution in [2.45, 2.75) is 45.0 Å². The maximum Gasteiger partial charge on any atom is 0.573 e. The van der Waals surface area contributed by atoms with Gasteiger partial charge in [-0.15, -0.1) is 26.3 Å². The Hall–Kier alpha value is -3.67. The number of Topliss-reactive ketones (excluding diaryl/α,β-unsaturated/α-hetero) is 1. The molecule has 1 N–H and O–H groups in total. The summed E-state index contributed by atoms with van der Waals surface area (Å²) < 4.78 is 82.4. The van der Waals surface area contributed by atoms with E-state index in [-0.39, 0.29) is 35.6 Å². The average molecular weight is 514 g/mol. The van der Waals surface area contributed by atoms with Crippen LogP contribution in [-0.4, -0.2) is 39.2 Å². The van der Waals surface area contributed by atoms with Gasteiger partial charge in [0.1, 0.15) is 17.2 Å². The van der Waals surface area contributed by atoms with E-state index < -0.39 is 35.6 Å². The normalized spacial score (nSPS) is 12.4. The fourth-order valence-electron chi connectivity index (χ4n) is 3.05. The van der Waals surface area contributed by atoms with E-state index in [0.717, 1.165) is 24.3 Å². The number of benzene rings is 2. The third-order valence-electron chi connectivity index (χ3n) is 4.71. The lowest BCUT2D eigenvalue weighted by Gasteiger charge is -2.16. The van der Waals surface area contributed by atoms with E-state index in [2.05, 4.69) is 19.4 Å². The third kappa shape index (κ3) is 8.22. The van der Waals surface area contributed by atoms with Gasteiger partial charge in [-0.3, -0.25) is 4.79 Å². The number of aliphatic hydroxyl groups is 1. The minimum absolute atomic E-state index is 0.00622. The highest BCUT2D eigenvalue weighted by molar-refractivity contribution is 5.95. The van der Waals surface area contributed by atoms with Crippen LogP contribution in [0.1, 0.15) is 37.2 Å². The number of aromatic nitrogens is 2. The lowest BCUT2D eigenvalue weighted by Crippen LogP contribution is -2.20. The Kier molecular flexibility index (Phi) is 7.58. The van der Waals surface area contributed by atoms with Gasteiger partial charge in [0.25, 0.3) is 0 Å². The number of halogens is 6. The third-order valence-corrected chi connectivity index (χ3v) is 4.71.